The number of hydrogen-bond acceptors (Lipinski definition) is 4. The lowest BCUT2D eigenvalue weighted by molar-refractivity contribution is -0.134. The molecule has 0 fully saturated rings. The monoisotopic (exact) mass is 418 g/mol. The second-order valence-electron chi connectivity index (χ2n) is 7.11. The first-order chi connectivity index (χ1) is 15.1. The van der Waals surface area contributed by atoms with Crippen LogP contribution in [0.2, 0.25) is 0 Å². The topological polar surface area (TPSA) is 90.7 Å². The maximum absolute atomic E-state index is 12.7. The number of carbonyl (C=O) groups is 2. The van der Waals surface area contributed by atoms with E-state index < -0.39 is 24.0 Å². The third-order valence-electron chi connectivity index (χ3n) is 4.85. The minimum absolute atomic E-state index is 0.269. The van der Waals surface area contributed by atoms with E-state index in [1.165, 1.54) is 7.11 Å². The summed E-state index contributed by atoms with van der Waals surface area (Å²) in [5, 5.41) is 2.71. The molecule has 3 N–H and O–H groups in total. The number of carbonyl (C=O) groups excluding carboxylic acids is 2. The standard InChI is InChI=1S/C25H26N2O4/c1-30-23(20-10-6-3-7-11-20)25(29)27-22(24(26)28)16-18-12-14-21(15-13-18)31-17-19-8-4-2-5-9-19/h2-15,22-23H,16-17H2,1H3,(H2,26,28)(H,27,29)/t22-,23-/m1/s1. The predicted octanol–water partition coefficient (Wildman–Crippen LogP) is 3.17. The van der Waals surface area contributed by atoms with Crippen molar-refractivity contribution in [3.05, 3.63) is 102 Å². The molecule has 3 aromatic carbocycles. The number of benzene rings is 3. The second-order valence-corrected chi connectivity index (χ2v) is 7.11. The van der Waals surface area contributed by atoms with Crippen LogP contribution in [0.25, 0.3) is 0 Å². The molecule has 0 aromatic heterocycles. The van der Waals surface area contributed by atoms with Gasteiger partial charge in [0, 0.05) is 13.5 Å². The Labute approximate surface area is 182 Å². The number of ether oxygens (including phenoxy) is 2. The highest BCUT2D eigenvalue weighted by atomic mass is 16.5. The van der Waals surface area contributed by atoms with Crippen molar-refractivity contribution < 1.29 is 19.1 Å². The summed E-state index contributed by atoms with van der Waals surface area (Å²) in [4.78, 5) is 24.6. The van der Waals surface area contributed by atoms with Gasteiger partial charge >= 0.3 is 0 Å². The van der Waals surface area contributed by atoms with E-state index in [1.54, 1.807) is 12.1 Å². The maximum atomic E-state index is 12.7. The summed E-state index contributed by atoms with van der Waals surface area (Å²) in [6, 6.07) is 25.5. The summed E-state index contributed by atoms with van der Waals surface area (Å²) in [6.07, 6.45) is -0.553. The van der Waals surface area contributed by atoms with Gasteiger partial charge < -0.3 is 20.5 Å². The number of primary amides is 1. The minimum atomic E-state index is -0.857. The predicted molar refractivity (Wildman–Crippen MR) is 118 cm³/mol. The Morgan fingerprint density at radius 3 is 2.06 bits per heavy atom. The van der Waals surface area contributed by atoms with Crippen molar-refractivity contribution in [3.63, 3.8) is 0 Å². The van der Waals surface area contributed by atoms with Crippen molar-refractivity contribution in [2.24, 2.45) is 5.73 Å². The van der Waals surface area contributed by atoms with Crippen molar-refractivity contribution in [3.8, 4) is 5.75 Å². The van der Waals surface area contributed by atoms with Gasteiger partial charge in [0.25, 0.3) is 5.91 Å². The van der Waals surface area contributed by atoms with Crippen LogP contribution in [0.1, 0.15) is 22.8 Å². The lowest BCUT2D eigenvalue weighted by atomic mass is 10.0. The van der Waals surface area contributed by atoms with Crippen molar-refractivity contribution in [1.29, 1.82) is 0 Å². The first-order valence-electron chi connectivity index (χ1n) is 10.00. The average molecular weight is 418 g/mol. The number of hydrogen-bond donors (Lipinski definition) is 2. The Morgan fingerprint density at radius 1 is 0.871 bits per heavy atom. The van der Waals surface area contributed by atoms with Gasteiger partial charge in [-0.3, -0.25) is 9.59 Å². The van der Waals surface area contributed by atoms with Gasteiger partial charge in [-0.1, -0.05) is 72.8 Å². The quantitative estimate of drug-likeness (QED) is 0.529. The van der Waals surface area contributed by atoms with Gasteiger partial charge in [-0.25, -0.2) is 0 Å². The maximum Gasteiger partial charge on any atom is 0.254 e. The van der Waals surface area contributed by atoms with Crippen LogP contribution in [-0.2, 0) is 27.4 Å². The Hall–Kier alpha value is -3.64. The molecule has 2 atom stereocenters. The first kappa shape index (κ1) is 22.1. The summed E-state index contributed by atoms with van der Waals surface area (Å²) >= 11 is 0. The number of amides is 2. The van der Waals surface area contributed by atoms with Gasteiger partial charge in [-0.05, 0) is 28.8 Å². The molecule has 2 amide bonds. The SMILES string of the molecule is CO[C@@H](C(=O)N[C@H](Cc1ccc(OCc2ccccc2)cc1)C(N)=O)c1ccccc1. The third kappa shape index (κ3) is 6.42. The van der Waals surface area contributed by atoms with Gasteiger partial charge in [-0.2, -0.15) is 0 Å². The highest BCUT2D eigenvalue weighted by molar-refractivity contribution is 5.89. The van der Waals surface area contributed by atoms with E-state index in [4.69, 9.17) is 15.2 Å². The molecule has 6 heteroatoms. The molecule has 0 bridgehead atoms. The average Bonchev–Trinajstić information content (AvgIpc) is 2.80. The van der Waals surface area contributed by atoms with Gasteiger partial charge in [-0.15, -0.1) is 0 Å². The number of nitrogens with two attached hydrogens (primary N) is 1. The van der Waals surface area contributed by atoms with E-state index in [0.717, 1.165) is 16.9 Å². The Kier molecular flexibility index (Phi) is 7.79. The van der Waals surface area contributed by atoms with E-state index >= 15 is 0 Å². The molecule has 0 aliphatic rings. The van der Waals surface area contributed by atoms with Crippen molar-refractivity contribution in [2.45, 2.75) is 25.2 Å². The van der Waals surface area contributed by atoms with E-state index in [-0.39, 0.29) is 6.42 Å². The van der Waals surface area contributed by atoms with Gasteiger partial charge in [0.15, 0.2) is 6.10 Å². The second kappa shape index (κ2) is 10.9. The van der Waals surface area contributed by atoms with Crippen LogP contribution in [-0.4, -0.2) is 25.0 Å². The number of methoxy groups -OCH3 is 1. The summed E-state index contributed by atoms with van der Waals surface area (Å²) < 4.78 is 11.1. The van der Waals surface area contributed by atoms with Crippen molar-refractivity contribution in [1.82, 2.24) is 5.32 Å². The van der Waals surface area contributed by atoms with Crippen LogP contribution in [0.5, 0.6) is 5.75 Å². The Morgan fingerprint density at radius 2 is 1.48 bits per heavy atom. The lowest BCUT2D eigenvalue weighted by Crippen LogP contribution is -2.47. The Balaban J connectivity index is 1.60. The molecule has 0 saturated heterocycles. The molecule has 0 spiro atoms. The molecule has 6 nitrogen and oxygen atoms in total. The fraction of sp³-hybridized carbons (Fsp3) is 0.200. The van der Waals surface area contributed by atoms with Crippen LogP contribution in [0, 0.1) is 0 Å². The molecule has 0 saturated carbocycles. The molecule has 0 aliphatic heterocycles. The molecule has 3 aromatic rings. The van der Waals surface area contributed by atoms with Gasteiger partial charge in [0.2, 0.25) is 5.91 Å². The molecule has 3 rings (SSSR count). The first-order valence-corrected chi connectivity index (χ1v) is 10.00. The summed E-state index contributed by atoms with van der Waals surface area (Å²) in [6.45, 7) is 0.470. The molecule has 0 heterocycles. The zero-order valence-corrected chi connectivity index (χ0v) is 17.4. The molecule has 0 unspecified atom stereocenters. The molecule has 0 radical (unpaired) electrons. The molecular formula is C25H26N2O4. The minimum Gasteiger partial charge on any atom is -0.489 e. The van der Waals surface area contributed by atoms with Gasteiger partial charge in [0.1, 0.15) is 18.4 Å². The highest BCUT2D eigenvalue weighted by Crippen LogP contribution is 2.18. The lowest BCUT2D eigenvalue weighted by Gasteiger charge is -2.20. The smallest absolute Gasteiger partial charge is 0.254 e. The van der Waals surface area contributed by atoms with E-state index in [0.29, 0.717) is 12.2 Å². The summed E-state index contributed by atoms with van der Waals surface area (Å²) in [5.41, 5.74) is 8.17. The highest BCUT2D eigenvalue weighted by Gasteiger charge is 2.25. The van der Waals surface area contributed by atoms with Crippen molar-refractivity contribution in [2.75, 3.05) is 7.11 Å². The molecular weight excluding hydrogens is 392 g/mol. The number of rotatable bonds is 10. The molecule has 0 aliphatic carbocycles. The zero-order chi connectivity index (χ0) is 22.1. The summed E-state index contributed by atoms with van der Waals surface area (Å²) in [5.74, 6) is -0.309. The van der Waals surface area contributed by atoms with Crippen LogP contribution < -0.4 is 15.8 Å². The van der Waals surface area contributed by atoms with E-state index in [2.05, 4.69) is 5.32 Å². The zero-order valence-electron chi connectivity index (χ0n) is 17.4. The van der Waals surface area contributed by atoms with Crippen molar-refractivity contribution >= 4 is 11.8 Å². The summed E-state index contributed by atoms with van der Waals surface area (Å²) in [7, 11) is 1.45. The van der Waals surface area contributed by atoms with Crippen LogP contribution in [0.15, 0.2) is 84.9 Å². The normalized spacial score (nSPS) is 12.5. The van der Waals surface area contributed by atoms with Gasteiger partial charge in [0.05, 0.1) is 0 Å². The Bertz CT molecular complexity index is 975. The number of nitrogens with one attached hydrogen (secondary N) is 1. The van der Waals surface area contributed by atoms with Crippen LogP contribution in [0.3, 0.4) is 0 Å². The van der Waals surface area contributed by atoms with E-state index in [1.807, 2.05) is 72.8 Å². The van der Waals surface area contributed by atoms with E-state index in [9.17, 15) is 9.59 Å². The molecule has 31 heavy (non-hydrogen) atoms. The fourth-order valence-electron chi connectivity index (χ4n) is 3.19. The van der Waals surface area contributed by atoms with Crippen LogP contribution >= 0.6 is 0 Å². The van der Waals surface area contributed by atoms with Crippen LogP contribution in [0.4, 0.5) is 0 Å². The fourth-order valence-corrected chi connectivity index (χ4v) is 3.19. The molecule has 160 valence electrons. The largest absolute Gasteiger partial charge is 0.489 e. The third-order valence-corrected chi connectivity index (χ3v) is 4.85.